The van der Waals surface area contributed by atoms with Crippen LogP contribution in [0.5, 0.6) is 0 Å². The quantitative estimate of drug-likeness (QED) is 0.116. The summed E-state index contributed by atoms with van der Waals surface area (Å²) in [5.41, 5.74) is 5.67. The van der Waals surface area contributed by atoms with Gasteiger partial charge in [-0.05, 0) is 117 Å². The van der Waals surface area contributed by atoms with E-state index in [1.54, 1.807) is 0 Å². The highest BCUT2D eigenvalue weighted by Crippen LogP contribution is 2.34. The summed E-state index contributed by atoms with van der Waals surface area (Å²) in [6.07, 6.45) is 13.0. The van der Waals surface area contributed by atoms with Crippen molar-refractivity contribution in [3.05, 3.63) is 82.6 Å². The fourth-order valence-corrected chi connectivity index (χ4v) is 7.03. The van der Waals surface area contributed by atoms with E-state index in [1.807, 2.05) is 22.7 Å². The van der Waals surface area contributed by atoms with Gasteiger partial charge < -0.3 is 0 Å². The molecule has 0 atom stereocenters. The Morgan fingerprint density at radius 3 is 1.39 bits per heavy atom. The van der Waals surface area contributed by atoms with Crippen molar-refractivity contribution in [3.8, 4) is 20.9 Å². The molecule has 0 aliphatic carbocycles. The van der Waals surface area contributed by atoms with Crippen LogP contribution in [0.2, 0.25) is 0 Å². The van der Waals surface area contributed by atoms with Crippen molar-refractivity contribution in [1.29, 1.82) is 0 Å². The van der Waals surface area contributed by atoms with Gasteiger partial charge in [0, 0.05) is 9.75 Å². The SMILES string of the molecule is CCCCCCc1csc(-c2ccc3cc4cc(-c5cc(CCCCCC)cs5)ccc4cc3c2)c1. The molecule has 2 heterocycles. The van der Waals surface area contributed by atoms with Crippen LogP contribution in [0.3, 0.4) is 0 Å². The fraction of sp³-hybridized carbons (Fsp3) is 0.353. The first-order chi connectivity index (χ1) is 17.7. The van der Waals surface area contributed by atoms with Crippen molar-refractivity contribution in [2.75, 3.05) is 0 Å². The zero-order valence-corrected chi connectivity index (χ0v) is 23.4. The molecule has 0 amide bonds. The molecule has 0 saturated carbocycles. The van der Waals surface area contributed by atoms with Gasteiger partial charge in [0.05, 0.1) is 0 Å². The Morgan fingerprint density at radius 2 is 0.944 bits per heavy atom. The van der Waals surface area contributed by atoms with Crippen molar-refractivity contribution in [2.45, 2.75) is 78.1 Å². The second-order valence-corrected chi connectivity index (χ2v) is 12.1. The fourth-order valence-electron chi connectivity index (χ4n) is 5.13. The molecule has 0 fully saturated rings. The van der Waals surface area contributed by atoms with Crippen LogP contribution in [0, 0.1) is 0 Å². The highest BCUT2D eigenvalue weighted by molar-refractivity contribution is 7.14. The number of fused-ring (bicyclic) bond motifs is 2. The minimum atomic E-state index is 1.21. The van der Waals surface area contributed by atoms with Gasteiger partial charge in [0.25, 0.3) is 0 Å². The molecule has 0 unspecified atom stereocenters. The molecule has 2 aromatic heterocycles. The van der Waals surface area contributed by atoms with Crippen molar-refractivity contribution in [1.82, 2.24) is 0 Å². The van der Waals surface area contributed by atoms with Gasteiger partial charge in [-0.3, -0.25) is 0 Å². The van der Waals surface area contributed by atoms with Crippen LogP contribution in [0.15, 0.2) is 71.4 Å². The van der Waals surface area contributed by atoms with Gasteiger partial charge in [-0.15, -0.1) is 22.7 Å². The van der Waals surface area contributed by atoms with Crippen molar-refractivity contribution in [2.24, 2.45) is 0 Å². The summed E-state index contributed by atoms with van der Waals surface area (Å²) in [4.78, 5) is 2.78. The number of thiophene rings is 2. The standard InChI is InChI=1S/C34H38S2/c1-3-5-7-9-11-25-17-33(35-23-25)29-15-13-27-20-32-22-30(16-14-28(32)19-31(27)21-29)34-18-26(24-36-34)12-10-8-6-4-2/h13-24H,3-12H2,1-2H3. The lowest BCUT2D eigenvalue weighted by molar-refractivity contribution is 0.667. The Kier molecular flexibility index (Phi) is 8.56. The van der Waals surface area contributed by atoms with Gasteiger partial charge in [-0.2, -0.15) is 0 Å². The summed E-state index contributed by atoms with van der Waals surface area (Å²) < 4.78 is 0. The van der Waals surface area contributed by atoms with Crippen molar-refractivity contribution >= 4 is 44.2 Å². The second-order valence-electron chi connectivity index (χ2n) is 10.2. The number of rotatable bonds is 12. The van der Waals surface area contributed by atoms with Crippen LogP contribution in [0.25, 0.3) is 42.4 Å². The van der Waals surface area contributed by atoms with E-state index < -0.39 is 0 Å². The van der Waals surface area contributed by atoms with E-state index in [4.69, 9.17) is 0 Å². The zero-order valence-electron chi connectivity index (χ0n) is 21.8. The van der Waals surface area contributed by atoms with Crippen LogP contribution in [0.1, 0.15) is 76.3 Å². The summed E-state index contributed by atoms with van der Waals surface area (Å²) in [5.74, 6) is 0. The molecule has 0 aliphatic heterocycles. The predicted molar refractivity (Wildman–Crippen MR) is 164 cm³/mol. The summed E-state index contributed by atoms with van der Waals surface area (Å²) >= 11 is 3.78. The molecule has 0 N–H and O–H groups in total. The molecule has 0 spiro atoms. The molecule has 0 saturated heterocycles. The van der Waals surface area contributed by atoms with Crippen LogP contribution < -0.4 is 0 Å². The maximum absolute atomic E-state index is 2.41. The predicted octanol–water partition coefficient (Wildman–Crippen LogP) is 11.7. The molecule has 3 aromatic carbocycles. The topological polar surface area (TPSA) is 0 Å². The Labute approximate surface area is 225 Å². The average molecular weight is 511 g/mol. The minimum Gasteiger partial charge on any atom is -0.144 e. The molecule has 2 heteroatoms. The maximum atomic E-state index is 2.41. The monoisotopic (exact) mass is 510 g/mol. The van der Waals surface area contributed by atoms with E-state index in [9.17, 15) is 0 Å². The molecule has 5 rings (SSSR count). The molecule has 0 bridgehead atoms. The lowest BCUT2D eigenvalue weighted by atomic mass is 9.99. The highest BCUT2D eigenvalue weighted by atomic mass is 32.1. The number of hydrogen-bond acceptors (Lipinski definition) is 2. The minimum absolute atomic E-state index is 1.21. The Hall–Kier alpha value is -2.42. The number of aryl methyl sites for hydroxylation is 2. The molecular formula is C34H38S2. The first kappa shape index (κ1) is 25.2. The number of unbranched alkanes of at least 4 members (excludes halogenated alkanes) is 6. The van der Waals surface area contributed by atoms with E-state index in [-0.39, 0.29) is 0 Å². The highest BCUT2D eigenvalue weighted by Gasteiger charge is 2.08. The van der Waals surface area contributed by atoms with Crippen LogP contribution >= 0.6 is 22.7 Å². The maximum Gasteiger partial charge on any atom is 0.0345 e. The summed E-state index contributed by atoms with van der Waals surface area (Å²) in [7, 11) is 0. The third kappa shape index (κ3) is 6.10. The summed E-state index contributed by atoms with van der Waals surface area (Å²) in [6.45, 7) is 4.56. The Bertz CT molecular complexity index is 1310. The second kappa shape index (κ2) is 12.2. The van der Waals surface area contributed by atoms with Gasteiger partial charge in [-0.1, -0.05) is 76.6 Å². The van der Waals surface area contributed by atoms with E-state index in [0.29, 0.717) is 0 Å². The molecule has 0 nitrogen and oxygen atoms in total. The molecule has 0 aliphatic rings. The molecule has 36 heavy (non-hydrogen) atoms. The van der Waals surface area contributed by atoms with Gasteiger partial charge in [0.2, 0.25) is 0 Å². The van der Waals surface area contributed by atoms with Crippen LogP contribution in [-0.4, -0.2) is 0 Å². The largest absolute Gasteiger partial charge is 0.144 e. The molecule has 0 radical (unpaired) electrons. The van der Waals surface area contributed by atoms with Crippen molar-refractivity contribution in [3.63, 3.8) is 0 Å². The normalized spacial score (nSPS) is 11.6. The smallest absolute Gasteiger partial charge is 0.0345 e. The first-order valence-electron chi connectivity index (χ1n) is 13.9. The van der Waals surface area contributed by atoms with E-state index in [1.165, 1.54) is 118 Å². The third-order valence-electron chi connectivity index (χ3n) is 7.31. The van der Waals surface area contributed by atoms with Crippen LogP contribution in [-0.2, 0) is 12.8 Å². The lowest BCUT2D eigenvalue weighted by Gasteiger charge is -2.07. The zero-order chi connectivity index (χ0) is 24.7. The summed E-state index contributed by atoms with van der Waals surface area (Å²) in [6, 6.07) is 23.5. The van der Waals surface area contributed by atoms with Gasteiger partial charge in [-0.25, -0.2) is 0 Å². The number of benzene rings is 3. The first-order valence-corrected chi connectivity index (χ1v) is 15.6. The Balaban J connectivity index is 1.33. The third-order valence-corrected chi connectivity index (χ3v) is 9.37. The molecular weight excluding hydrogens is 473 g/mol. The van der Waals surface area contributed by atoms with Gasteiger partial charge in [0.1, 0.15) is 0 Å². The molecule has 186 valence electrons. The van der Waals surface area contributed by atoms with Crippen molar-refractivity contribution < 1.29 is 0 Å². The van der Waals surface area contributed by atoms with E-state index >= 15 is 0 Å². The van der Waals surface area contributed by atoms with Gasteiger partial charge in [0.15, 0.2) is 0 Å². The van der Waals surface area contributed by atoms with Crippen LogP contribution in [0.4, 0.5) is 0 Å². The van der Waals surface area contributed by atoms with E-state index in [0.717, 1.165) is 0 Å². The Morgan fingerprint density at radius 1 is 0.472 bits per heavy atom. The molecule has 5 aromatic rings. The van der Waals surface area contributed by atoms with E-state index in [2.05, 4.69) is 85.3 Å². The van der Waals surface area contributed by atoms with Gasteiger partial charge >= 0.3 is 0 Å². The lowest BCUT2D eigenvalue weighted by Crippen LogP contribution is -1.83. The average Bonchev–Trinajstić information content (AvgIpc) is 3.57. The number of hydrogen-bond donors (Lipinski definition) is 0. The summed E-state index contributed by atoms with van der Waals surface area (Å²) in [5, 5.41) is 10.0.